The molecule has 2 amide bonds. The second-order valence-corrected chi connectivity index (χ2v) is 7.91. The number of anilines is 1. The standard InChI is InChI=1S/C26H23FN4O2/c1-17-5-4-6-19(15-17)24-23(16-31(29-24)22-13-9-20(27)10-14-22)25(32)28-21-11-7-18(8-12-21)26(33)30(2)3/h4-16H,1-3H3,(H,28,32). The van der Waals surface area contributed by atoms with Gasteiger partial charge in [0.1, 0.15) is 11.5 Å². The summed E-state index contributed by atoms with van der Waals surface area (Å²) in [6.45, 7) is 1.97. The number of nitrogens with zero attached hydrogens (tertiary/aromatic N) is 3. The Balaban J connectivity index is 1.68. The maximum absolute atomic E-state index is 13.4. The lowest BCUT2D eigenvalue weighted by Gasteiger charge is -2.11. The number of carbonyl (C=O) groups excluding carboxylic acids is 2. The van der Waals surface area contributed by atoms with Gasteiger partial charge in [-0.2, -0.15) is 5.10 Å². The average Bonchev–Trinajstić information content (AvgIpc) is 3.25. The number of rotatable bonds is 5. The van der Waals surface area contributed by atoms with Crippen molar-refractivity contribution >= 4 is 17.5 Å². The lowest BCUT2D eigenvalue weighted by atomic mass is 10.1. The monoisotopic (exact) mass is 442 g/mol. The molecule has 3 aromatic carbocycles. The number of amides is 2. The summed E-state index contributed by atoms with van der Waals surface area (Å²) in [5, 5.41) is 7.50. The Morgan fingerprint density at radius 3 is 2.30 bits per heavy atom. The Bertz CT molecular complexity index is 1310. The normalized spacial score (nSPS) is 10.7. The van der Waals surface area contributed by atoms with E-state index in [0.29, 0.717) is 28.2 Å². The van der Waals surface area contributed by atoms with Crippen molar-refractivity contribution in [1.82, 2.24) is 14.7 Å². The topological polar surface area (TPSA) is 67.2 Å². The van der Waals surface area contributed by atoms with Gasteiger partial charge in [-0.1, -0.05) is 23.8 Å². The van der Waals surface area contributed by atoms with Crippen molar-refractivity contribution < 1.29 is 14.0 Å². The molecule has 0 aliphatic carbocycles. The predicted octanol–water partition coefficient (Wildman–Crippen LogP) is 4.94. The van der Waals surface area contributed by atoms with Gasteiger partial charge < -0.3 is 10.2 Å². The Morgan fingerprint density at radius 1 is 0.970 bits per heavy atom. The zero-order valence-corrected chi connectivity index (χ0v) is 18.5. The number of aromatic nitrogens is 2. The van der Waals surface area contributed by atoms with E-state index in [1.165, 1.54) is 17.0 Å². The fourth-order valence-electron chi connectivity index (χ4n) is 3.42. The molecule has 0 radical (unpaired) electrons. The summed E-state index contributed by atoms with van der Waals surface area (Å²) < 4.78 is 14.9. The molecule has 0 saturated carbocycles. The van der Waals surface area contributed by atoms with Gasteiger partial charge in [0.15, 0.2) is 0 Å². The Hall–Kier alpha value is -4.26. The van der Waals surface area contributed by atoms with Gasteiger partial charge in [-0.05, 0) is 61.5 Å². The van der Waals surface area contributed by atoms with Gasteiger partial charge in [-0.15, -0.1) is 0 Å². The summed E-state index contributed by atoms with van der Waals surface area (Å²) in [6.07, 6.45) is 1.63. The molecule has 4 rings (SSSR count). The van der Waals surface area contributed by atoms with Gasteiger partial charge >= 0.3 is 0 Å². The van der Waals surface area contributed by atoms with Crippen LogP contribution in [0.25, 0.3) is 16.9 Å². The maximum atomic E-state index is 13.4. The van der Waals surface area contributed by atoms with Gasteiger partial charge in [0, 0.05) is 37.1 Å². The van der Waals surface area contributed by atoms with Crippen LogP contribution >= 0.6 is 0 Å². The summed E-state index contributed by atoms with van der Waals surface area (Å²) in [7, 11) is 3.37. The van der Waals surface area contributed by atoms with Crippen LogP contribution in [0.3, 0.4) is 0 Å². The highest BCUT2D eigenvalue weighted by atomic mass is 19.1. The van der Waals surface area contributed by atoms with Crippen LogP contribution < -0.4 is 5.32 Å². The van der Waals surface area contributed by atoms with Crippen LogP contribution in [0.5, 0.6) is 0 Å². The molecule has 1 N–H and O–H groups in total. The van der Waals surface area contributed by atoms with Crippen molar-refractivity contribution in [2.75, 3.05) is 19.4 Å². The van der Waals surface area contributed by atoms with Gasteiger partial charge in [0.2, 0.25) is 0 Å². The summed E-state index contributed by atoms with van der Waals surface area (Å²) in [5.41, 5.74) is 4.45. The first-order valence-electron chi connectivity index (χ1n) is 10.4. The van der Waals surface area contributed by atoms with Crippen molar-refractivity contribution in [3.8, 4) is 16.9 Å². The molecule has 1 aromatic heterocycles. The molecular weight excluding hydrogens is 419 g/mol. The van der Waals surface area contributed by atoms with Crippen molar-refractivity contribution in [2.45, 2.75) is 6.92 Å². The molecule has 0 atom stereocenters. The molecule has 0 spiro atoms. The Morgan fingerprint density at radius 2 is 1.67 bits per heavy atom. The lowest BCUT2D eigenvalue weighted by molar-refractivity contribution is 0.0827. The summed E-state index contributed by atoms with van der Waals surface area (Å²) >= 11 is 0. The molecule has 0 unspecified atom stereocenters. The van der Waals surface area contributed by atoms with Crippen LogP contribution in [0, 0.1) is 12.7 Å². The van der Waals surface area contributed by atoms with E-state index in [0.717, 1.165) is 11.1 Å². The van der Waals surface area contributed by atoms with Gasteiger partial charge in [0.25, 0.3) is 11.8 Å². The molecule has 0 saturated heterocycles. The Kier molecular flexibility index (Phi) is 6.04. The van der Waals surface area contributed by atoms with E-state index < -0.39 is 0 Å². The molecule has 4 aromatic rings. The average molecular weight is 442 g/mol. The van der Waals surface area contributed by atoms with Crippen LogP contribution in [-0.4, -0.2) is 40.6 Å². The van der Waals surface area contributed by atoms with Crippen LogP contribution in [0.2, 0.25) is 0 Å². The summed E-state index contributed by atoms with van der Waals surface area (Å²) in [6, 6.07) is 20.3. The molecule has 33 heavy (non-hydrogen) atoms. The van der Waals surface area contributed by atoms with E-state index in [9.17, 15) is 14.0 Å². The number of hydrogen-bond donors (Lipinski definition) is 1. The first-order valence-corrected chi connectivity index (χ1v) is 10.4. The summed E-state index contributed by atoms with van der Waals surface area (Å²) in [5.74, 6) is -0.805. The molecule has 0 aliphatic rings. The maximum Gasteiger partial charge on any atom is 0.259 e. The molecular formula is C26H23FN4O2. The number of hydrogen-bond acceptors (Lipinski definition) is 3. The van der Waals surface area contributed by atoms with E-state index in [-0.39, 0.29) is 17.6 Å². The smallest absolute Gasteiger partial charge is 0.259 e. The van der Waals surface area contributed by atoms with E-state index >= 15 is 0 Å². The highest BCUT2D eigenvalue weighted by molar-refractivity contribution is 6.08. The number of aryl methyl sites for hydroxylation is 1. The SMILES string of the molecule is Cc1cccc(-c2nn(-c3ccc(F)cc3)cc2C(=O)Nc2ccc(C(=O)N(C)C)cc2)c1. The number of nitrogens with one attached hydrogen (secondary N) is 1. The third kappa shape index (κ3) is 4.82. The second-order valence-electron chi connectivity index (χ2n) is 7.91. The number of carbonyl (C=O) groups is 2. The fourth-order valence-corrected chi connectivity index (χ4v) is 3.42. The van der Waals surface area contributed by atoms with Crippen molar-refractivity contribution in [2.24, 2.45) is 0 Å². The van der Waals surface area contributed by atoms with E-state index in [4.69, 9.17) is 0 Å². The fraction of sp³-hybridized carbons (Fsp3) is 0.115. The zero-order chi connectivity index (χ0) is 23.5. The van der Waals surface area contributed by atoms with Crippen LogP contribution in [0.4, 0.5) is 10.1 Å². The highest BCUT2D eigenvalue weighted by Crippen LogP contribution is 2.26. The van der Waals surface area contributed by atoms with Crippen LogP contribution in [0.1, 0.15) is 26.3 Å². The largest absolute Gasteiger partial charge is 0.345 e. The minimum absolute atomic E-state index is 0.116. The quantitative estimate of drug-likeness (QED) is 0.476. The molecule has 0 fully saturated rings. The Labute approximate surface area is 191 Å². The zero-order valence-electron chi connectivity index (χ0n) is 18.5. The predicted molar refractivity (Wildman–Crippen MR) is 126 cm³/mol. The molecule has 1 heterocycles. The first-order chi connectivity index (χ1) is 15.8. The van der Waals surface area contributed by atoms with E-state index in [1.54, 1.807) is 61.4 Å². The second kappa shape index (κ2) is 9.08. The minimum Gasteiger partial charge on any atom is -0.345 e. The van der Waals surface area contributed by atoms with Crippen molar-refractivity contribution in [3.63, 3.8) is 0 Å². The minimum atomic E-state index is -0.348. The third-order valence-electron chi connectivity index (χ3n) is 5.14. The van der Waals surface area contributed by atoms with Gasteiger partial charge in [-0.3, -0.25) is 9.59 Å². The number of benzene rings is 3. The highest BCUT2D eigenvalue weighted by Gasteiger charge is 2.19. The van der Waals surface area contributed by atoms with Crippen molar-refractivity contribution in [1.29, 1.82) is 0 Å². The summed E-state index contributed by atoms with van der Waals surface area (Å²) in [4.78, 5) is 26.8. The van der Waals surface area contributed by atoms with Gasteiger partial charge in [-0.25, -0.2) is 9.07 Å². The van der Waals surface area contributed by atoms with Crippen LogP contribution in [-0.2, 0) is 0 Å². The first kappa shape index (κ1) is 22.0. The molecule has 166 valence electrons. The van der Waals surface area contributed by atoms with E-state index in [1.807, 2.05) is 31.2 Å². The molecule has 6 nitrogen and oxygen atoms in total. The van der Waals surface area contributed by atoms with Crippen molar-refractivity contribution in [3.05, 3.63) is 102 Å². The van der Waals surface area contributed by atoms with E-state index in [2.05, 4.69) is 10.4 Å². The van der Waals surface area contributed by atoms with Gasteiger partial charge in [0.05, 0.1) is 11.3 Å². The molecule has 7 heteroatoms. The lowest BCUT2D eigenvalue weighted by Crippen LogP contribution is -2.21. The third-order valence-corrected chi connectivity index (χ3v) is 5.14. The number of halogens is 1. The van der Waals surface area contributed by atoms with Crippen LogP contribution in [0.15, 0.2) is 79.0 Å². The molecule has 0 bridgehead atoms. The molecule has 0 aliphatic heterocycles.